The van der Waals surface area contributed by atoms with Crippen molar-refractivity contribution in [3.05, 3.63) is 42.0 Å². The Kier molecular flexibility index (Phi) is 5.57. The van der Waals surface area contributed by atoms with E-state index in [1.165, 1.54) is 12.3 Å². The van der Waals surface area contributed by atoms with Crippen LogP contribution in [0, 0.1) is 0 Å². The van der Waals surface area contributed by atoms with Crippen molar-refractivity contribution in [2.45, 2.75) is 18.2 Å². The monoisotopic (exact) mass is 314 g/mol. The lowest BCUT2D eigenvalue weighted by atomic mass is 10.4. The quantitative estimate of drug-likeness (QED) is 0.673. The van der Waals surface area contributed by atoms with Crippen molar-refractivity contribution >= 4 is 10.0 Å². The van der Waals surface area contributed by atoms with Crippen LogP contribution in [0.15, 0.2) is 44.5 Å². The van der Waals surface area contributed by atoms with Crippen molar-refractivity contribution in [1.29, 1.82) is 0 Å². The standard InChI is InChI=1S/C13H18N2O5S/c1-18-8-6-14-9-12-4-5-13(20-12)21(16,17)15-10-11-3-2-7-19-11/h2-5,7,14-15H,6,8-10H2,1H3. The van der Waals surface area contributed by atoms with Crippen LogP contribution in [0.5, 0.6) is 0 Å². The van der Waals surface area contributed by atoms with Gasteiger partial charge in [0.2, 0.25) is 5.09 Å². The highest BCUT2D eigenvalue weighted by atomic mass is 32.2. The Labute approximate surface area is 123 Å². The van der Waals surface area contributed by atoms with Gasteiger partial charge in [0.25, 0.3) is 10.0 Å². The molecule has 8 heteroatoms. The number of rotatable bonds is 9. The number of nitrogens with one attached hydrogen (secondary N) is 2. The summed E-state index contributed by atoms with van der Waals surface area (Å²) in [6.45, 7) is 1.76. The second-order valence-corrected chi connectivity index (χ2v) is 5.99. The summed E-state index contributed by atoms with van der Waals surface area (Å²) < 4.78 is 41.8. The van der Waals surface area contributed by atoms with E-state index in [1.54, 1.807) is 25.3 Å². The zero-order valence-corrected chi connectivity index (χ0v) is 12.5. The fourth-order valence-corrected chi connectivity index (χ4v) is 2.57. The molecule has 0 saturated carbocycles. The summed E-state index contributed by atoms with van der Waals surface area (Å²) in [4.78, 5) is 0. The van der Waals surface area contributed by atoms with E-state index in [-0.39, 0.29) is 11.6 Å². The van der Waals surface area contributed by atoms with Crippen molar-refractivity contribution in [2.24, 2.45) is 0 Å². The molecule has 0 aromatic carbocycles. The fraction of sp³-hybridized carbons (Fsp3) is 0.385. The first-order valence-electron chi connectivity index (χ1n) is 6.42. The van der Waals surface area contributed by atoms with Gasteiger partial charge in [-0.1, -0.05) is 0 Å². The topological polar surface area (TPSA) is 93.7 Å². The van der Waals surface area contributed by atoms with Gasteiger partial charge < -0.3 is 18.9 Å². The third-order valence-electron chi connectivity index (χ3n) is 2.70. The van der Waals surface area contributed by atoms with Crippen molar-refractivity contribution in [2.75, 3.05) is 20.3 Å². The van der Waals surface area contributed by atoms with Gasteiger partial charge in [0.05, 0.1) is 26.0 Å². The van der Waals surface area contributed by atoms with Gasteiger partial charge in [-0.05, 0) is 24.3 Å². The summed E-state index contributed by atoms with van der Waals surface area (Å²) >= 11 is 0. The number of sulfonamides is 1. The lowest BCUT2D eigenvalue weighted by molar-refractivity contribution is 0.198. The summed E-state index contributed by atoms with van der Waals surface area (Å²) in [5.74, 6) is 1.08. The molecule has 0 fully saturated rings. The van der Waals surface area contributed by atoms with Crippen LogP contribution >= 0.6 is 0 Å². The van der Waals surface area contributed by atoms with Gasteiger partial charge in [-0.15, -0.1) is 0 Å². The highest BCUT2D eigenvalue weighted by molar-refractivity contribution is 7.89. The largest absolute Gasteiger partial charge is 0.468 e. The molecule has 21 heavy (non-hydrogen) atoms. The number of furan rings is 2. The average Bonchev–Trinajstić information content (AvgIpc) is 3.13. The zero-order chi connectivity index (χ0) is 15.1. The van der Waals surface area contributed by atoms with Crippen LogP contribution in [0.2, 0.25) is 0 Å². The van der Waals surface area contributed by atoms with Crippen LogP contribution in [0.4, 0.5) is 0 Å². The average molecular weight is 314 g/mol. The summed E-state index contributed by atoms with van der Waals surface area (Å²) in [5.41, 5.74) is 0. The molecule has 0 bridgehead atoms. The van der Waals surface area contributed by atoms with Crippen LogP contribution in [0.3, 0.4) is 0 Å². The second-order valence-electron chi connectivity index (χ2n) is 4.29. The van der Waals surface area contributed by atoms with E-state index in [2.05, 4.69) is 10.0 Å². The number of methoxy groups -OCH3 is 1. The summed E-state index contributed by atoms with van der Waals surface area (Å²) in [6, 6.07) is 6.44. The molecule has 0 aliphatic heterocycles. The van der Waals surface area contributed by atoms with E-state index in [9.17, 15) is 8.42 Å². The third-order valence-corrected chi connectivity index (χ3v) is 3.97. The zero-order valence-electron chi connectivity index (χ0n) is 11.7. The second kappa shape index (κ2) is 7.41. The van der Waals surface area contributed by atoms with Crippen LogP contribution in [-0.2, 0) is 27.8 Å². The lowest BCUT2D eigenvalue weighted by Gasteiger charge is -2.03. The van der Waals surface area contributed by atoms with Gasteiger partial charge >= 0.3 is 0 Å². The Morgan fingerprint density at radius 1 is 1.19 bits per heavy atom. The van der Waals surface area contributed by atoms with Gasteiger partial charge in [0.1, 0.15) is 11.5 Å². The van der Waals surface area contributed by atoms with Gasteiger partial charge in [0.15, 0.2) is 0 Å². The molecule has 0 aliphatic rings. The Bertz CT molecular complexity index is 633. The van der Waals surface area contributed by atoms with Crippen molar-refractivity contribution in [1.82, 2.24) is 10.0 Å². The Morgan fingerprint density at radius 2 is 2.05 bits per heavy atom. The molecular weight excluding hydrogens is 296 g/mol. The number of ether oxygens (including phenoxy) is 1. The molecule has 0 saturated heterocycles. The molecule has 0 atom stereocenters. The molecule has 116 valence electrons. The molecule has 0 radical (unpaired) electrons. The van der Waals surface area contributed by atoms with E-state index in [0.29, 0.717) is 31.2 Å². The van der Waals surface area contributed by atoms with Gasteiger partial charge in [-0.3, -0.25) is 0 Å². The molecule has 2 rings (SSSR count). The Balaban J connectivity index is 1.89. The van der Waals surface area contributed by atoms with Gasteiger partial charge in [-0.2, -0.15) is 0 Å². The minimum absolute atomic E-state index is 0.0808. The molecule has 2 aromatic rings. The van der Waals surface area contributed by atoms with E-state index in [0.717, 1.165) is 0 Å². The summed E-state index contributed by atoms with van der Waals surface area (Å²) in [5, 5.41) is 2.96. The molecular formula is C13H18N2O5S. The smallest absolute Gasteiger partial charge is 0.274 e. The van der Waals surface area contributed by atoms with E-state index in [4.69, 9.17) is 13.6 Å². The molecule has 0 spiro atoms. The van der Waals surface area contributed by atoms with Crippen LogP contribution in [-0.4, -0.2) is 28.7 Å². The molecule has 7 nitrogen and oxygen atoms in total. The normalized spacial score (nSPS) is 11.9. The van der Waals surface area contributed by atoms with E-state index >= 15 is 0 Å². The maximum absolute atomic E-state index is 12.0. The summed E-state index contributed by atoms with van der Waals surface area (Å²) in [7, 11) is -2.06. The molecule has 2 heterocycles. The minimum atomic E-state index is -3.68. The van der Waals surface area contributed by atoms with Crippen molar-refractivity contribution in [3.8, 4) is 0 Å². The Hall–Kier alpha value is -1.61. The third kappa shape index (κ3) is 4.71. The van der Waals surface area contributed by atoms with Gasteiger partial charge in [-0.25, -0.2) is 13.1 Å². The van der Waals surface area contributed by atoms with E-state index in [1.807, 2.05) is 0 Å². The van der Waals surface area contributed by atoms with Crippen LogP contribution in [0.1, 0.15) is 11.5 Å². The fourth-order valence-electron chi connectivity index (χ4n) is 1.63. The molecule has 0 aliphatic carbocycles. The number of hydrogen-bond acceptors (Lipinski definition) is 6. The van der Waals surface area contributed by atoms with E-state index < -0.39 is 10.0 Å². The SMILES string of the molecule is COCCNCc1ccc(S(=O)(=O)NCc2ccco2)o1. The maximum Gasteiger partial charge on any atom is 0.274 e. The highest BCUT2D eigenvalue weighted by Crippen LogP contribution is 2.14. The van der Waals surface area contributed by atoms with Crippen molar-refractivity contribution in [3.63, 3.8) is 0 Å². The van der Waals surface area contributed by atoms with Crippen LogP contribution < -0.4 is 10.0 Å². The maximum atomic E-state index is 12.0. The first-order valence-corrected chi connectivity index (χ1v) is 7.90. The first-order chi connectivity index (χ1) is 10.1. The highest BCUT2D eigenvalue weighted by Gasteiger charge is 2.18. The predicted octanol–water partition coefficient (Wildman–Crippen LogP) is 1.09. The Morgan fingerprint density at radius 3 is 2.76 bits per heavy atom. The molecule has 0 amide bonds. The number of hydrogen-bond donors (Lipinski definition) is 2. The first kappa shape index (κ1) is 15.8. The lowest BCUT2D eigenvalue weighted by Crippen LogP contribution is -2.22. The van der Waals surface area contributed by atoms with Crippen LogP contribution in [0.25, 0.3) is 0 Å². The molecule has 0 unspecified atom stereocenters. The predicted molar refractivity (Wildman–Crippen MR) is 75.0 cm³/mol. The van der Waals surface area contributed by atoms with Crippen molar-refractivity contribution < 1.29 is 22.0 Å². The molecule has 2 N–H and O–H groups in total. The van der Waals surface area contributed by atoms with Gasteiger partial charge in [0, 0.05) is 13.7 Å². The minimum Gasteiger partial charge on any atom is -0.468 e. The molecule has 2 aromatic heterocycles. The summed E-state index contributed by atoms with van der Waals surface area (Å²) in [6.07, 6.45) is 1.49.